The Hall–Kier alpha value is -0.0800. The molecule has 1 aliphatic rings. The maximum absolute atomic E-state index is 3.86. The highest BCUT2D eigenvalue weighted by atomic mass is 15.1. The van der Waals surface area contributed by atoms with Crippen molar-refractivity contribution >= 4 is 0 Å². The van der Waals surface area contributed by atoms with Crippen molar-refractivity contribution in [1.82, 2.24) is 10.2 Å². The first-order valence-electron chi connectivity index (χ1n) is 9.20. The molecule has 0 aromatic rings. The molecule has 1 N–H and O–H groups in total. The normalized spacial score (nSPS) is 25.1. The molecule has 1 rings (SSSR count). The lowest BCUT2D eigenvalue weighted by molar-refractivity contribution is 0.185. The number of nitrogens with one attached hydrogen (secondary N) is 1. The van der Waals surface area contributed by atoms with Gasteiger partial charge in [-0.05, 0) is 63.7 Å². The van der Waals surface area contributed by atoms with E-state index >= 15 is 0 Å². The summed E-state index contributed by atoms with van der Waals surface area (Å²) in [7, 11) is 0. The highest BCUT2D eigenvalue weighted by Gasteiger charge is 2.27. The van der Waals surface area contributed by atoms with Crippen molar-refractivity contribution in [2.75, 3.05) is 26.2 Å². The molecule has 3 atom stereocenters. The van der Waals surface area contributed by atoms with Crippen LogP contribution in [0.2, 0.25) is 0 Å². The van der Waals surface area contributed by atoms with Crippen molar-refractivity contribution in [2.24, 2.45) is 11.8 Å². The molecule has 2 nitrogen and oxygen atoms in total. The highest BCUT2D eigenvalue weighted by molar-refractivity contribution is 4.83. The fourth-order valence-electron chi connectivity index (χ4n) is 3.76. The molecule has 0 saturated heterocycles. The summed E-state index contributed by atoms with van der Waals surface area (Å²) in [5.41, 5.74) is 0. The topological polar surface area (TPSA) is 15.3 Å². The first-order chi connectivity index (χ1) is 9.74. The van der Waals surface area contributed by atoms with E-state index in [0.717, 1.165) is 17.9 Å². The lowest BCUT2D eigenvalue weighted by atomic mass is 9.76. The predicted octanol–water partition coefficient (Wildman–Crippen LogP) is 4.30. The predicted molar refractivity (Wildman–Crippen MR) is 90.2 cm³/mol. The second-order valence-electron chi connectivity index (χ2n) is 6.58. The zero-order valence-corrected chi connectivity index (χ0v) is 14.5. The standard InChI is InChI=1S/C18H38N2/c1-5-13-19-18(12-14-20(7-3)8-4)17-11-9-10-16(6-2)15-17/h16-19H,5-15H2,1-4H3. The van der Waals surface area contributed by atoms with Crippen LogP contribution >= 0.6 is 0 Å². The summed E-state index contributed by atoms with van der Waals surface area (Å²) in [4.78, 5) is 2.57. The number of nitrogens with zero attached hydrogens (tertiary/aromatic N) is 1. The molecule has 2 heteroatoms. The maximum Gasteiger partial charge on any atom is 0.0108 e. The van der Waals surface area contributed by atoms with E-state index in [1.54, 1.807) is 0 Å². The molecular weight excluding hydrogens is 244 g/mol. The summed E-state index contributed by atoms with van der Waals surface area (Å²) < 4.78 is 0. The Bertz CT molecular complexity index is 225. The van der Waals surface area contributed by atoms with Gasteiger partial charge < -0.3 is 10.2 Å². The Morgan fingerprint density at radius 3 is 2.45 bits per heavy atom. The molecule has 1 fully saturated rings. The van der Waals surface area contributed by atoms with Gasteiger partial charge in [0.2, 0.25) is 0 Å². The second-order valence-corrected chi connectivity index (χ2v) is 6.58. The fraction of sp³-hybridized carbons (Fsp3) is 1.00. The van der Waals surface area contributed by atoms with Crippen molar-refractivity contribution in [2.45, 2.75) is 78.7 Å². The van der Waals surface area contributed by atoms with Crippen molar-refractivity contribution in [3.8, 4) is 0 Å². The molecule has 1 aliphatic carbocycles. The third-order valence-corrected chi connectivity index (χ3v) is 5.28. The van der Waals surface area contributed by atoms with E-state index in [1.165, 1.54) is 71.1 Å². The third kappa shape index (κ3) is 6.13. The Morgan fingerprint density at radius 1 is 1.10 bits per heavy atom. The number of hydrogen-bond donors (Lipinski definition) is 1. The van der Waals surface area contributed by atoms with Crippen molar-refractivity contribution in [3.05, 3.63) is 0 Å². The zero-order chi connectivity index (χ0) is 14.8. The van der Waals surface area contributed by atoms with Crippen molar-refractivity contribution < 1.29 is 0 Å². The van der Waals surface area contributed by atoms with Crippen molar-refractivity contribution in [1.29, 1.82) is 0 Å². The molecule has 0 spiro atoms. The van der Waals surface area contributed by atoms with Gasteiger partial charge in [0.15, 0.2) is 0 Å². The van der Waals surface area contributed by atoms with E-state index < -0.39 is 0 Å². The summed E-state index contributed by atoms with van der Waals surface area (Å²) in [5, 5.41) is 3.86. The molecule has 3 unspecified atom stereocenters. The Morgan fingerprint density at radius 2 is 1.85 bits per heavy atom. The van der Waals surface area contributed by atoms with Crippen LogP contribution in [0.5, 0.6) is 0 Å². The van der Waals surface area contributed by atoms with Gasteiger partial charge in [0.1, 0.15) is 0 Å². The average molecular weight is 283 g/mol. The van der Waals surface area contributed by atoms with Crippen LogP contribution in [0, 0.1) is 11.8 Å². The average Bonchev–Trinajstić information content (AvgIpc) is 2.51. The van der Waals surface area contributed by atoms with Crippen LogP contribution in [-0.4, -0.2) is 37.1 Å². The molecule has 0 heterocycles. The van der Waals surface area contributed by atoms with Crippen LogP contribution in [0.1, 0.15) is 72.6 Å². The summed E-state index contributed by atoms with van der Waals surface area (Å²) in [5.74, 6) is 1.92. The molecule has 0 amide bonds. The minimum atomic E-state index is 0.755. The van der Waals surface area contributed by atoms with E-state index in [4.69, 9.17) is 0 Å². The van der Waals surface area contributed by atoms with Crippen LogP contribution in [0.4, 0.5) is 0 Å². The number of rotatable bonds is 10. The molecule has 20 heavy (non-hydrogen) atoms. The van der Waals surface area contributed by atoms with Crippen LogP contribution in [0.25, 0.3) is 0 Å². The van der Waals surface area contributed by atoms with Gasteiger partial charge in [0.25, 0.3) is 0 Å². The smallest absolute Gasteiger partial charge is 0.0108 e. The minimum absolute atomic E-state index is 0.755. The van der Waals surface area contributed by atoms with Crippen LogP contribution in [0.15, 0.2) is 0 Å². The lowest BCUT2D eigenvalue weighted by Gasteiger charge is -2.36. The summed E-state index contributed by atoms with van der Waals surface area (Å²) in [6, 6.07) is 0.755. The van der Waals surface area contributed by atoms with Gasteiger partial charge in [-0.2, -0.15) is 0 Å². The molecule has 120 valence electrons. The first-order valence-corrected chi connectivity index (χ1v) is 9.20. The van der Waals surface area contributed by atoms with Gasteiger partial charge in [0.05, 0.1) is 0 Å². The van der Waals surface area contributed by atoms with Gasteiger partial charge >= 0.3 is 0 Å². The van der Waals surface area contributed by atoms with Crippen molar-refractivity contribution in [3.63, 3.8) is 0 Å². The fourth-order valence-corrected chi connectivity index (χ4v) is 3.76. The van der Waals surface area contributed by atoms with E-state index in [2.05, 4.69) is 37.9 Å². The van der Waals surface area contributed by atoms with Gasteiger partial charge in [-0.25, -0.2) is 0 Å². The van der Waals surface area contributed by atoms with Gasteiger partial charge in [-0.1, -0.05) is 47.0 Å². The van der Waals surface area contributed by atoms with Gasteiger partial charge in [-0.15, -0.1) is 0 Å². The molecule has 0 aliphatic heterocycles. The molecule has 0 bridgehead atoms. The first kappa shape index (κ1) is 18.0. The summed E-state index contributed by atoms with van der Waals surface area (Å²) in [6.45, 7) is 14.1. The van der Waals surface area contributed by atoms with Crippen LogP contribution < -0.4 is 5.32 Å². The monoisotopic (exact) mass is 282 g/mol. The quantitative estimate of drug-likeness (QED) is 0.642. The molecule has 0 aromatic heterocycles. The van der Waals surface area contributed by atoms with E-state index in [-0.39, 0.29) is 0 Å². The Balaban J connectivity index is 2.48. The minimum Gasteiger partial charge on any atom is -0.314 e. The Labute approximate surface area is 127 Å². The Kier molecular flexibility index (Phi) is 9.54. The lowest BCUT2D eigenvalue weighted by Crippen LogP contribution is -2.41. The SMILES string of the molecule is CCCNC(CCN(CC)CC)C1CCCC(CC)C1. The maximum atomic E-state index is 3.86. The zero-order valence-electron chi connectivity index (χ0n) is 14.5. The van der Waals surface area contributed by atoms with Crippen LogP contribution in [0.3, 0.4) is 0 Å². The van der Waals surface area contributed by atoms with E-state index in [1.807, 2.05) is 0 Å². The molecular formula is C18H38N2. The number of hydrogen-bond acceptors (Lipinski definition) is 2. The van der Waals surface area contributed by atoms with Gasteiger partial charge in [0, 0.05) is 6.04 Å². The largest absolute Gasteiger partial charge is 0.314 e. The summed E-state index contributed by atoms with van der Waals surface area (Å²) in [6.07, 6.45) is 9.83. The molecule has 1 saturated carbocycles. The summed E-state index contributed by atoms with van der Waals surface area (Å²) >= 11 is 0. The molecule has 0 aromatic carbocycles. The highest BCUT2D eigenvalue weighted by Crippen LogP contribution is 2.33. The van der Waals surface area contributed by atoms with E-state index in [9.17, 15) is 0 Å². The molecule has 0 radical (unpaired) electrons. The van der Waals surface area contributed by atoms with E-state index in [0.29, 0.717) is 0 Å². The third-order valence-electron chi connectivity index (χ3n) is 5.28. The van der Waals surface area contributed by atoms with Gasteiger partial charge in [-0.3, -0.25) is 0 Å². The van der Waals surface area contributed by atoms with Crippen LogP contribution in [-0.2, 0) is 0 Å². The second kappa shape index (κ2) is 10.6.